The number of amides is 1. The normalized spacial score (nSPS) is 10.8. The minimum absolute atomic E-state index is 0.443. The highest BCUT2D eigenvalue weighted by Crippen LogP contribution is 2.29. The zero-order valence-corrected chi connectivity index (χ0v) is 13.2. The van der Waals surface area contributed by atoms with Gasteiger partial charge >= 0.3 is 0 Å². The predicted octanol–water partition coefficient (Wildman–Crippen LogP) is 3.95. The average Bonchev–Trinajstić information content (AvgIpc) is 2.93. The Balaban J connectivity index is 1.81. The number of nitrogens with one attached hydrogen (secondary N) is 2. The third kappa shape index (κ3) is 2.87. The number of carbonyl (C=O) groups excluding carboxylic acids is 1. The number of carbonyl (C=O) groups is 1. The number of anilines is 1. The summed E-state index contributed by atoms with van der Waals surface area (Å²) in [7, 11) is 0. The Labute approximate surface area is 135 Å². The quantitative estimate of drug-likeness (QED) is 0.714. The molecule has 118 valence electrons. The molecule has 1 aromatic heterocycles. The van der Waals surface area contributed by atoms with E-state index < -0.39 is 23.1 Å². The first-order chi connectivity index (χ1) is 11.0. The summed E-state index contributed by atoms with van der Waals surface area (Å²) in [6.45, 7) is 3.96. The second-order valence-corrected chi connectivity index (χ2v) is 6.08. The van der Waals surface area contributed by atoms with Gasteiger partial charge in [-0.25, -0.2) is 13.8 Å². The van der Waals surface area contributed by atoms with Gasteiger partial charge in [-0.15, -0.1) is 0 Å². The van der Waals surface area contributed by atoms with Gasteiger partial charge in [0, 0.05) is 0 Å². The Morgan fingerprint density at radius 3 is 2.52 bits per heavy atom. The lowest BCUT2D eigenvalue weighted by atomic mass is 10.1. The van der Waals surface area contributed by atoms with Crippen LogP contribution in [0.2, 0.25) is 0 Å². The second kappa shape index (κ2) is 5.92. The lowest BCUT2D eigenvalue weighted by Crippen LogP contribution is -2.30. The van der Waals surface area contributed by atoms with Crippen molar-refractivity contribution in [1.82, 2.24) is 10.4 Å². The molecule has 0 atom stereocenters. The standard InChI is InChI=1S/C16H13F2N3OS/c1-8-6-7-12-14(9(8)2)19-16(23-12)21-20-15(22)13-10(17)4-3-5-11(13)18/h3-7H,1-2H3,(H,19,21)(H,20,22). The lowest BCUT2D eigenvalue weighted by Gasteiger charge is -2.07. The van der Waals surface area contributed by atoms with Crippen molar-refractivity contribution in [2.24, 2.45) is 0 Å². The van der Waals surface area contributed by atoms with Gasteiger partial charge in [-0.2, -0.15) is 0 Å². The molecule has 0 spiro atoms. The van der Waals surface area contributed by atoms with Crippen LogP contribution in [-0.4, -0.2) is 10.9 Å². The van der Waals surface area contributed by atoms with E-state index in [2.05, 4.69) is 15.8 Å². The maximum atomic E-state index is 13.5. The van der Waals surface area contributed by atoms with Gasteiger partial charge in [0.15, 0.2) is 0 Å². The van der Waals surface area contributed by atoms with Crippen molar-refractivity contribution in [3.05, 3.63) is 58.7 Å². The molecule has 0 saturated heterocycles. The molecule has 4 nitrogen and oxygen atoms in total. The summed E-state index contributed by atoms with van der Waals surface area (Å²) in [4.78, 5) is 16.3. The van der Waals surface area contributed by atoms with E-state index in [1.807, 2.05) is 26.0 Å². The minimum Gasteiger partial charge on any atom is -0.273 e. The first-order valence-corrected chi connectivity index (χ1v) is 7.66. The van der Waals surface area contributed by atoms with Crippen molar-refractivity contribution >= 4 is 32.6 Å². The fraction of sp³-hybridized carbons (Fsp3) is 0.125. The number of rotatable bonds is 3. The van der Waals surface area contributed by atoms with E-state index in [1.165, 1.54) is 17.4 Å². The molecule has 0 saturated carbocycles. The first kappa shape index (κ1) is 15.4. The molecule has 1 heterocycles. The van der Waals surface area contributed by atoms with Crippen molar-refractivity contribution in [2.45, 2.75) is 13.8 Å². The van der Waals surface area contributed by atoms with Crippen LogP contribution in [0.1, 0.15) is 21.5 Å². The number of aromatic nitrogens is 1. The number of halogens is 2. The van der Waals surface area contributed by atoms with Crippen molar-refractivity contribution in [2.75, 3.05) is 5.43 Å². The molecule has 23 heavy (non-hydrogen) atoms. The molecule has 7 heteroatoms. The van der Waals surface area contributed by atoms with E-state index in [9.17, 15) is 13.6 Å². The first-order valence-electron chi connectivity index (χ1n) is 6.84. The maximum absolute atomic E-state index is 13.5. The number of hydrazine groups is 1. The van der Waals surface area contributed by atoms with Crippen LogP contribution in [0, 0.1) is 25.5 Å². The summed E-state index contributed by atoms with van der Waals surface area (Å²) in [5.74, 6) is -2.73. The van der Waals surface area contributed by atoms with E-state index >= 15 is 0 Å². The molecule has 3 aromatic rings. The van der Waals surface area contributed by atoms with Crippen LogP contribution < -0.4 is 10.9 Å². The molecule has 0 bridgehead atoms. The molecule has 3 rings (SSSR count). The Morgan fingerprint density at radius 1 is 1.13 bits per heavy atom. The smallest absolute Gasteiger partial charge is 0.273 e. The maximum Gasteiger partial charge on any atom is 0.275 e. The highest BCUT2D eigenvalue weighted by atomic mass is 32.1. The van der Waals surface area contributed by atoms with Gasteiger partial charge in [0.2, 0.25) is 5.13 Å². The van der Waals surface area contributed by atoms with Crippen LogP contribution in [-0.2, 0) is 0 Å². The predicted molar refractivity (Wildman–Crippen MR) is 86.5 cm³/mol. The van der Waals surface area contributed by atoms with Gasteiger partial charge in [-0.1, -0.05) is 23.5 Å². The average molecular weight is 333 g/mol. The van der Waals surface area contributed by atoms with Gasteiger partial charge < -0.3 is 0 Å². The third-order valence-electron chi connectivity index (χ3n) is 3.56. The molecular weight excluding hydrogens is 320 g/mol. The van der Waals surface area contributed by atoms with E-state index in [0.29, 0.717) is 5.13 Å². The molecule has 2 N–H and O–H groups in total. The second-order valence-electron chi connectivity index (χ2n) is 5.05. The Bertz CT molecular complexity index is 887. The molecule has 0 fully saturated rings. The molecular formula is C16H13F2N3OS. The number of hydrogen-bond acceptors (Lipinski definition) is 4. The fourth-order valence-electron chi connectivity index (χ4n) is 2.17. The van der Waals surface area contributed by atoms with E-state index in [-0.39, 0.29) is 0 Å². The summed E-state index contributed by atoms with van der Waals surface area (Å²) in [5.41, 5.74) is 7.26. The summed E-state index contributed by atoms with van der Waals surface area (Å²) in [6.07, 6.45) is 0. The van der Waals surface area contributed by atoms with Gasteiger partial charge in [-0.05, 0) is 43.2 Å². The SMILES string of the molecule is Cc1ccc2sc(NNC(=O)c3c(F)cccc3F)nc2c1C. The Morgan fingerprint density at radius 2 is 1.83 bits per heavy atom. The molecule has 2 aromatic carbocycles. The summed E-state index contributed by atoms with van der Waals surface area (Å²) in [5, 5.41) is 0.443. The largest absolute Gasteiger partial charge is 0.275 e. The van der Waals surface area contributed by atoms with Gasteiger partial charge in [-0.3, -0.25) is 15.6 Å². The number of hydrogen-bond donors (Lipinski definition) is 2. The highest BCUT2D eigenvalue weighted by Gasteiger charge is 2.17. The van der Waals surface area contributed by atoms with Crippen molar-refractivity contribution in [1.29, 1.82) is 0 Å². The topological polar surface area (TPSA) is 54.0 Å². The monoisotopic (exact) mass is 333 g/mol. The van der Waals surface area contributed by atoms with E-state index in [0.717, 1.165) is 33.5 Å². The number of aryl methyl sites for hydroxylation is 2. The van der Waals surface area contributed by atoms with Crippen molar-refractivity contribution in [3.63, 3.8) is 0 Å². The molecule has 0 unspecified atom stereocenters. The van der Waals surface area contributed by atoms with Crippen LogP contribution in [0.15, 0.2) is 30.3 Å². The van der Waals surface area contributed by atoms with Crippen LogP contribution in [0.4, 0.5) is 13.9 Å². The van der Waals surface area contributed by atoms with Crippen LogP contribution in [0.25, 0.3) is 10.2 Å². The highest BCUT2D eigenvalue weighted by molar-refractivity contribution is 7.22. The Kier molecular flexibility index (Phi) is 3.96. The summed E-state index contributed by atoms with van der Waals surface area (Å²) < 4.78 is 28.1. The zero-order chi connectivity index (χ0) is 16.6. The van der Waals surface area contributed by atoms with Crippen molar-refractivity contribution in [3.8, 4) is 0 Å². The van der Waals surface area contributed by atoms with Gasteiger partial charge in [0.05, 0.1) is 10.2 Å². The number of nitrogens with zero attached hydrogens (tertiary/aromatic N) is 1. The number of benzene rings is 2. The molecule has 0 aliphatic carbocycles. The third-order valence-corrected chi connectivity index (χ3v) is 4.49. The van der Waals surface area contributed by atoms with Crippen LogP contribution in [0.3, 0.4) is 0 Å². The number of fused-ring (bicyclic) bond motifs is 1. The van der Waals surface area contributed by atoms with Crippen molar-refractivity contribution < 1.29 is 13.6 Å². The molecule has 0 aliphatic heterocycles. The lowest BCUT2D eigenvalue weighted by molar-refractivity contribution is 0.0954. The van der Waals surface area contributed by atoms with Crippen LogP contribution >= 0.6 is 11.3 Å². The fourth-order valence-corrected chi connectivity index (χ4v) is 3.05. The number of thiazole rings is 1. The van der Waals surface area contributed by atoms with E-state index in [4.69, 9.17) is 0 Å². The minimum atomic E-state index is -0.917. The van der Waals surface area contributed by atoms with Gasteiger partial charge in [0.1, 0.15) is 17.2 Å². The molecule has 0 radical (unpaired) electrons. The zero-order valence-electron chi connectivity index (χ0n) is 12.4. The molecule has 0 aliphatic rings. The Hall–Kier alpha value is -2.54. The van der Waals surface area contributed by atoms with E-state index in [1.54, 1.807) is 0 Å². The van der Waals surface area contributed by atoms with Crippen LogP contribution in [0.5, 0.6) is 0 Å². The van der Waals surface area contributed by atoms with Gasteiger partial charge in [0.25, 0.3) is 5.91 Å². The summed E-state index contributed by atoms with van der Waals surface area (Å²) >= 11 is 1.34. The molecule has 1 amide bonds. The summed E-state index contributed by atoms with van der Waals surface area (Å²) in [6, 6.07) is 7.20.